The number of nitrogens with zero attached hydrogens (tertiary/aromatic N) is 1. The molecular formula is C14H24N2O2S. The number of hydrogen-bond donors (Lipinski definition) is 2. The summed E-state index contributed by atoms with van der Waals surface area (Å²) in [5.74, 6) is -0.178. The summed E-state index contributed by atoms with van der Waals surface area (Å²) < 4.78 is 0. The minimum Gasteiger partial charge on any atom is -0.478 e. The fraction of sp³-hybridized carbons (Fsp3) is 0.643. The molecule has 0 aliphatic heterocycles. The molecule has 1 heterocycles. The molecule has 2 N–H and O–H groups in total. The van der Waals surface area contributed by atoms with E-state index < -0.39 is 5.97 Å². The molecule has 1 rings (SSSR count). The molecule has 1 aromatic heterocycles. The van der Waals surface area contributed by atoms with Crippen LogP contribution in [0.1, 0.15) is 35.5 Å². The lowest BCUT2D eigenvalue weighted by Crippen LogP contribution is -2.38. The molecule has 0 aliphatic rings. The highest BCUT2D eigenvalue weighted by Gasteiger charge is 2.13. The molecule has 0 saturated heterocycles. The van der Waals surface area contributed by atoms with Crippen LogP contribution in [0.2, 0.25) is 0 Å². The van der Waals surface area contributed by atoms with E-state index in [2.05, 4.69) is 38.2 Å². The van der Waals surface area contributed by atoms with Gasteiger partial charge in [-0.25, -0.2) is 4.79 Å². The molecule has 0 fully saturated rings. The van der Waals surface area contributed by atoms with Crippen LogP contribution >= 0.6 is 11.3 Å². The van der Waals surface area contributed by atoms with Crippen molar-refractivity contribution in [2.24, 2.45) is 5.92 Å². The number of aromatic carboxylic acids is 1. The summed E-state index contributed by atoms with van der Waals surface area (Å²) in [6.07, 6.45) is 1.16. The number of carboxylic acid groups (broad SMARTS) is 1. The van der Waals surface area contributed by atoms with Gasteiger partial charge < -0.3 is 15.3 Å². The van der Waals surface area contributed by atoms with Crippen molar-refractivity contribution in [1.82, 2.24) is 10.2 Å². The Morgan fingerprint density at radius 2 is 2.16 bits per heavy atom. The minimum atomic E-state index is -0.853. The fourth-order valence-electron chi connectivity index (χ4n) is 1.97. The first-order valence-electron chi connectivity index (χ1n) is 6.58. The monoisotopic (exact) mass is 284 g/mol. The predicted molar refractivity (Wildman–Crippen MR) is 79.9 cm³/mol. The Morgan fingerprint density at radius 3 is 2.63 bits per heavy atom. The van der Waals surface area contributed by atoms with E-state index in [1.54, 1.807) is 11.4 Å². The van der Waals surface area contributed by atoms with Crippen LogP contribution in [-0.4, -0.2) is 42.7 Å². The summed E-state index contributed by atoms with van der Waals surface area (Å²) in [6, 6.07) is 2.26. The zero-order valence-corrected chi connectivity index (χ0v) is 13.0. The fourth-order valence-corrected chi connectivity index (χ4v) is 2.80. The number of rotatable bonds is 8. The van der Waals surface area contributed by atoms with E-state index in [0.29, 0.717) is 17.5 Å². The Morgan fingerprint density at radius 1 is 1.47 bits per heavy atom. The van der Waals surface area contributed by atoms with Crippen LogP contribution in [0.15, 0.2) is 11.4 Å². The first kappa shape index (κ1) is 16.1. The average Bonchev–Trinajstić information content (AvgIpc) is 2.75. The molecule has 0 aromatic carbocycles. The van der Waals surface area contributed by atoms with Crippen LogP contribution < -0.4 is 5.32 Å². The molecule has 1 unspecified atom stereocenters. The molecule has 0 radical (unpaired) electrons. The van der Waals surface area contributed by atoms with E-state index in [1.807, 2.05) is 0 Å². The summed E-state index contributed by atoms with van der Waals surface area (Å²) in [5, 5.41) is 14.0. The first-order chi connectivity index (χ1) is 8.90. The molecule has 5 heteroatoms. The van der Waals surface area contributed by atoms with Gasteiger partial charge in [-0.3, -0.25) is 0 Å². The topological polar surface area (TPSA) is 52.6 Å². The van der Waals surface area contributed by atoms with Gasteiger partial charge in [-0.1, -0.05) is 13.8 Å². The van der Waals surface area contributed by atoms with E-state index in [4.69, 9.17) is 5.11 Å². The van der Waals surface area contributed by atoms with Crippen LogP contribution in [0.3, 0.4) is 0 Å². The Bertz CT molecular complexity index is 402. The average molecular weight is 284 g/mol. The standard InChI is InChI=1S/C14H24N2O2S/c1-10(2)5-12(16(3)4)7-15-8-13-6-11(9-19-13)14(17)18/h6,9-10,12,15H,5,7-8H2,1-4H3,(H,17,18). The van der Waals surface area contributed by atoms with E-state index in [-0.39, 0.29) is 0 Å². The van der Waals surface area contributed by atoms with Gasteiger partial charge in [0.1, 0.15) is 0 Å². The lowest BCUT2D eigenvalue weighted by Gasteiger charge is -2.26. The third-order valence-electron chi connectivity index (χ3n) is 3.05. The van der Waals surface area contributed by atoms with Gasteiger partial charge in [-0.2, -0.15) is 0 Å². The van der Waals surface area contributed by atoms with Crippen molar-refractivity contribution >= 4 is 17.3 Å². The maximum absolute atomic E-state index is 10.8. The molecule has 1 atom stereocenters. The predicted octanol–water partition coefficient (Wildman–Crippen LogP) is 2.51. The molecule has 0 aliphatic carbocycles. The number of nitrogens with one attached hydrogen (secondary N) is 1. The SMILES string of the molecule is CC(C)CC(CNCc1cc(C(=O)O)cs1)N(C)C. The second-order valence-corrected chi connectivity index (χ2v) is 6.48. The number of likely N-dealkylation sites (N-methyl/N-ethyl adjacent to an activating group) is 1. The lowest BCUT2D eigenvalue weighted by atomic mass is 10.0. The van der Waals surface area contributed by atoms with Gasteiger partial charge in [0.15, 0.2) is 0 Å². The molecular weight excluding hydrogens is 260 g/mol. The minimum absolute atomic E-state index is 0.383. The largest absolute Gasteiger partial charge is 0.478 e. The van der Waals surface area contributed by atoms with Crippen molar-refractivity contribution in [3.05, 3.63) is 21.9 Å². The molecule has 1 aromatic rings. The molecule has 0 bridgehead atoms. The maximum atomic E-state index is 10.8. The molecule has 4 nitrogen and oxygen atoms in total. The van der Waals surface area contributed by atoms with E-state index >= 15 is 0 Å². The third kappa shape index (κ3) is 5.72. The van der Waals surface area contributed by atoms with Gasteiger partial charge in [-0.05, 0) is 32.5 Å². The van der Waals surface area contributed by atoms with Crippen LogP contribution in [0, 0.1) is 5.92 Å². The van der Waals surface area contributed by atoms with Crippen LogP contribution in [0.25, 0.3) is 0 Å². The number of carboxylic acids is 1. The zero-order valence-electron chi connectivity index (χ0n) is 12.1. The van der Waals surface area contributed by atoms with Crippen LogP contribution in [-0.2, 0) is 6.54 Å². The zero-order chi connectivity index (χ0) is 14.4. The van der Waals surface area contributed by atoms with E-state index in [0.717, 1.165) is 24.4 Å². The van der Waals surface area contributed by atoms with Crippen molar-refractivity contribution in [2.45, 2.75) is 32.9 Å². The van der Waals surface area contributed by atoms with Crippen molar-refractivity contribution < 1.29 is 9.90 Å². The van der Waals surface area contributed by atoms with Gasteiger partial charge in [0.25, 0.3) is 0 Å². The normalized spacial score (nSPS) is 13.2. The highest BCUT2D eigenvalue weighted by Crippen LogP contribution is 2.15. The highest BCUT2D eigenvalue weighted by molar-refractivity contribution is 7.10. The summed E-state index contributed by atoms with van der Waals surface area (Å²) in [4.78, 5) is 14.1. The second kappa shape index (κ2) is 7.62. The van der Waals surface area contributed by atoms with E-state index in [1.165, 1.54) is 11.3 Å². The quantitative estimate of drug-likeness (QED) is 0.770. The lowest BCUT2D eigenvalue weighted by molar-refractivity contribution is 0.0697. The number of hydrogen-bond acceptors (Lipinski definition) is 4. The van der Waals surface area contributed by atoms with Crippen molar-refractivity contribution in [1.29, 1.82) is 0 Å². The first-order valence-corrected chi connectivity index (χ1v) is 7.46. The maximum Gasteiger partial charge on any atom is 0.336 e. The summed E-state index contributed by atoms with van der Waals surface area (Å²) in [6.45, 7) is 6.12. The molecule has 0 saturated carbocycles. The Balaban J connectivity index is 2.40. The molecule has 19 heavy (non-hydrogen) atoms. The third-order valence-corrected chi connectivity index (χ3v) is 3.99. The van der Waals surface area contributed by atoms with Gasteiger partial charge in [0, 0.05) is 29.4 Å². The summed E-state index contributed by atoms with van der Waals surface area (Å²) in [7, 11) is 4.20. The smallest absolute Gasteiger partial charge is 0.336 e. The summed E-state index contributed by atoms with van der Waals surface area (Å²) in [5.41, 5.74) is 0.383. The van der Waals surface area contributed by atoms with Gasteiger partial charge in [-0.15, -0.1) is 11.3 Å². The van der Waals surface area contributed by atoms with Crippen molar-refractivity contribution in [2.75, 3.05) is 20.6 Å². The highest BCUT2D eigenvalue weighted by atomic mass is 32.1. The van der Waals surface area contributed by atoms with Crippen LogP contribution in [0.5, 0.6) is 0 Å². The Kier molecular flexibility index (Phi) is 6.48. The Labute approximate surface area is 119 Å². The van der Waals surface area contributed by atoms with Crippen molar-refractivity contribution in [3.8, 4) is 0 Å². The molecule has 0 spiro atoms. The van der Waals surface area contributed by atoms with Crippen molar-refractivity contribution in [3.63, 3.8) is 0 Å². The number of carbonyl (C=O) groups is 1. The van der Waals surface area contributed by atoms with E-state index in [9.17, 15) is 4.79 Å². The molecule has 108 valence electrons. The summed E-state index contributed by atoms with van der Waals surface area (Å²) >= 11 is 1.49. The Hall–Kier alpha value is -0.910. The van der Waals surface area contributed by atoms with Gasteiger partial charge >= 0.3 is 5.97 Å². The number of thiophene rings is 1. The van der Waals surface area contributed by atoms with Crippen LogP contribution in [0.4, 0.5) is 0 Å². The molecule has 0 amide bonds. The van der Waals surface area contributed by atoms with Gasteiger partial charge in [0.05, 0.1) is 5.56 Å². The second-order valence-electron chi connectivity index (χ2n) is 5.48. The van der Waals surface area contributed by atoms with Gasteiger partial charge in [0.2, 0.25) is 0 Å².